The van der Waals surface area contributed by atoms with Gasteiger partial charge in [0.25, 0.3) is 0 Å². The normalized spacial score (nSPS) is 10.8. The number of hydrogen-bond donors (Lipinski definition) is 7. The molecule has 37 heavy (non-hydrogen) atoms. The molecule has 2 unspecified atom stereocenters. The predicted octanol–water partition coefficient (Wildman–Crippen LogP) is 3.05. The van der Waals surface area contributed by atoms with E-state index >= 15 is 0 Å². The van der Waals surface area contributed by atoms with E-state index in [9.17, 15) is 14.4 Å². The molecule has 0 aromatic carbocycles. The molecule has 0 bridgehead atoms. The highest BCUT2D eigenvalue weighted by atomic mass is 16.4. The quantitative estimate of drug-likeness (QED) is 0.161. The van der Waals surface area contributed by atoms with Crippen LogP contribution in [0.2, 0.25) is 0 Å². The Morgan fingerprint density at radius 3 is 1.59 bits per heavy atom. The Bertz CT molecular complexity index is 621. The molecule has 222 valence electrons. The van der Waals surface area contributed by atoms with Crippen molar-refractivity contribution < 1.29 is 24.6 Å². The number of unbranched alkanes of at least 4 members (excludes halogenated alkanes) is 1. The van der Waals surface area contributed by atoms with Crippen molar-refractivity contribution in [2.24, 2.45) is 34.0 Å². The van der Waals surface area contributed by atoms with Crippen LogP contribution in [0.3, 0.4) is 0 Å². The number of nitrogens with one attached hydrogen (secondary N) is 2. The van der Waals surface area contributed by atoms with Crippen molar-refractivity contribution in [3.05, 3.63) is 0 Å². The Balaban J connectivity index is -0.000000143. The molecule has 12 nitrogen and oxygen atoms in total. The van der Waals surface area contributed by atoms with Crippen molar-refractivity contribution in [2.45, 2.75) is 107 Å². The molecule has 2 atom stereocenters. The number of guanidine groups is 2. The van der Waals surface area contributed by atoms with Crippen LogP contribution >= 0.6 is 0 Å². The van der Waals surface area contributed by atoms with E-state index < -0.39 is 24.0 Å². The molecule has 0 heterocycles. The molecule has 0 saturated heterocycles. The molecule has 0 aliphatic carbocycles. The van der Waals surface area contributed by atoms with Crippen LogP contribution in [0.15, 0.2) is 4.99 Å². The molecule has 10 N–H and O–H groups in total. The van der Waals surface area contributed by atoms with Crippen LogP contribution in [0.5, 0.6) is 0 Å². The van der Waals surface area contributed by atoms with E-state index in [-0.39, 0.29) is 23.7 Å². The summed E-state index contributed by atoms with van der Waals surface area (Å²) in [4.78, 5) is 37.4. The fourth-order valence-electron chi connectivity index (χ4n) is 2.14. The summed E-state index contributed by atoms with van der Waals surface area (Å²) in [6.07, 6.45) is 3.05. The molecule has 0 spiro atoms. The maximum atomic E-state index is 11.7. The smallest absolute Gasteiger partial charge is 0.326 e. The third-order valence-corrected chi connectivity index (χ3v) is 3.79. The van der Waals surface area contributed by atoms with Crippen LogP contribution in [-0.2, 0) is 14.4 Å². The third kappa shape index (κ3) is 37.8. The van der Waals surface area contributed by atoms with E-state index in [1.165, 1.54) is 4.90 Å². The van der Waals surface area contributed by atoms with Gasteiger partial charge in [-0.3, -0.25) is 15.0 Å². The number of carbonyl (C=O) groups is 3. The van der Waals surface area contributed by atoms with Crippen molar-refractivity contribution >= 4 is 29.8 Å². The van der Waals surface area contributed by atoms with Crippen LogP contribution in [0, 0.1) is 17.2 Å². The zero-order valence-corrected chi connectivity index (χ0v) is 25.1. The number of carbonyl (C=O) groups excluding carboxylic acids is 1. The van der Waals surface area contributed by atoms with E-state index in [1.807, 2.05) is 62.3 Å². The highest BCUT2D eigenvalue weighted by molar-refractivity contribution is 5.91. The van der Waals surface area contributed by atoms with Crippen LogP contribution in [0.4, 0.5) is 0 Å². The number of amides is 1. The first kappa shape index (κ1) is 44.1. The van der Waals surface area contributed by atoms with Crippen molar-refractivity contribution in [1.82, 2.24) is 10.2 Å². The minimum atomic E-state index is -1.01. The van der Waals surface area contributed by atoms with E-state index in [0.29, 0.717) is 25.2 Å². The molecule has 0 aliphatic rings. The second-order valence-electron chi connectivity index (χ2n) is 8.52. The number of carboxylic acid groups (broad SMARTS) is 2. The zero-order chi connectivity index (χ0) is 30.7. The number of rotatable bonds is 10. The summed E-state index contributed by atoms with van der Waals surface area (Å²) in [7, 11) is 3.38. The second kappa shape index (κ2) is 29.3. The number of aliphatic carboxylic acids is 2. The van der Waals surface area contributed by atoms with Gasteiger partial charge in [-0.25, -0.2) is 4.79 Å². The van der Waals surface area contributed by atoms with Gasteiger partial charge in [-0.15, -0.1) is 0 Å². The lowest BCUT2D eigenvalue weighted by molar-refractivity contribution is -0.142. The highest BCUT2D eigenvalue weighted by Crippen LogP contribution is 2.07. The minimum absolute atomic E-state index is 0.0509. The largest absolute Gasteiger partial charge is 0.481 e. The lowest BCUT2D eigenvalue weighted by Crippen LogP contribution is -2.49. The molecule has 12 heteroatoms. The summed E-state index contributed by atoms with van der Waals surface area (Å²) in [5.41, 5.74) is 15.7. The van der Waals surface area contributed by atoms with E-state index in [1.54, 1.807) is 14.1 Å². The summed E-state index contributed by atoms with van der Waals surface area (Å²) in [5, 5.41) is 26.6. The van der Waals surface area contributed by atoms with Crippen LogP contribution in [-0.4, -0.2) is 71.1 Å². The van der Waals surface area contributed by atoms with E-state index in [2.05, 4.69) is 10.3 Å². The minimum Gasteiger partial charge on any atom is -0.481 e. The first-order chi connectivity index (χ1) is 17.0. The summed E-state index contributed by atoms with van der Waals surface area (Å²) in [5.74, 6) is -1.61. The molecular formula is C25H57N7O5. The summed E-state index contributed by atoms with van der Waals surface area (Å²) in [6.45, 7) is 17.7. The molecule has 1 amide bonds. The summed E-state index contributed by atoms with van der Waals surface area (Å²) in [6, 6.07) is -1.48. The molecule has 0 rings (SSSR count). The van der Waals surface area contributed by atoms with Gasteiger partial charge in [-0.05, 0) is 31.1 Å². The Morgan fingerprint density at radius 1 is 0.946 bits per heavy atom. The van der Waals surface area contributed by atoms with Gasteiger partial charge in [0.1, 0.15) is 6.04 Å². The Hall–Kier alpha value is -2.89. The van der Waals surface area contributed by atoms with Crippen molar-refractivity contribution in [2.75, 3.05) is 14.1 Å². The van der Waals surface area contributed by atoms with Crippen LogP contribution < -0.4 is 22.5 Å². The Kier molecular flexibility index (Phi) is 35.0. The van der Waals surface area contributed by atoms with Crippen molar-refractivity contribution in [3.8, 4) is 0 Å². The number of aliphatic imine (C=N–C) groups is 1. The molecule has 0 radical (unpaired) electrons. The number of carboxylic acids is 2. The van der Waals surface area contributed by atoms with Crippen molar-refractivity contribution in [3.63, 3.8) is 0 Å². The number of nitrogens with zero attached hydrogens (tertiary/aromatic N) is 2. The fraction of sp³-hybridized carbons (Fsp3) is 0.800. The second-order valence-corrected chi connectivity index (χ2v) is 8.52. The van der Waals surface area contributed by atoms with Gasteiger partial charge in [0.05, 0.1) is 6.04 Å². The van der Waals surface area contributed by atoms with Gasteiger partial charge >= 0.3 is 11.9 Å². The Morgan fingerprint density at radius 2 is 1.38 bits per heavy atom. The first-order valence-electron chi connectivity index (χ1n) is 12.9. The van der Waals surface area contributed by atoms with Gasteiger partial charge in [0.15, 0.2) is 5.96 Å². The maximum absolute atomic E-state index is 11.7. The average molecular weight is 536 g/mol. The van der Waals surface area contributed by atoms with Gasteiger partial charge in [0, 0.05) is 20.5 Å². The lowest BCUT2D eigenvalue weighted by Gasteiger charge is -2.20. The Labute approximate surface area is 225 Å². The monoisotopic (exact) mass is 535 g/mol. The highest BCUT2D eigenvalue weighted by Gasteiger charge is 2.24. The molecule has 0 aliphatic heterocycles. The first-order valence-corrected chi connectivity index (χ1v) is 12.9. The molecule has 0 aromatic heterocycles. The van der Waals surface area contributed by atoms with Crippen LogP contribution in [0.25, 0.3) is 0 Å². The topological polar surface area (TPSA) is 221 Å². The van der Waals surface area contributed by atoms with E-state index in [0.717, 1.165) is 12.8 Å². The number of nitrogens with two attached hydrogens (primary N) is 3. The predicted molar refractivity (Wildman–Crippen MR) is 154 cm³/mol. The molecule has 0 aromatic rings. The van der Waals surface area contributed by atoms with Gasteiger partial charge in [-0.1, -0.05) is 68.7 Å². The van der Waals surface area contributed by atoms with Gasteiger partial charge < -0.3 is 37.6 Å². The summed E-state index contributed by atoms with van der Waals surface area (Å²) < 4.78 is 0. The summed E-state index contributed by atoms with van der Waals surface area (Å²) >= 11 is 0. The zero-order valence-electron chi connectivity index (χ0n) is 25.1. The maximum Gasteiger partial charge on any atom is 0.326 e. The number of hydrogen-bond acceptors (Lipinski definition) is 5. The van der Waals surface area contributed by atoms with Gasteiger partial charge in [0.2, 0.25) is 11.9 Å². The third-order valence-electron chi connectivity index (χ3n) is 3.79. The fourth-order valence-corrected chi connectivity index (χ4v) is 2.14. The average Bonchev–Trinajstić information content (AvgIpc) is 2.79. The van der Waals surface area contributed by atoms with Gasteiger partial charge in [-0.2, -0.15) is 4.99 Å². The SMILES string of the molecule is CC.CC.CC(C)CC(N)C(=O)NC(CC(C)C)C(=O)O.CCCCC(=O)O.CN(C)C(=N)N=C(N)N. The van der Waals surface area contributed by atoms with E-state index in [4.69, 9.17) is 32.8 Å². The molecular weight excluding hydrogens is 478 g/mol. The standard InChI is InChI=1S/C12H24N2O3.C5H10O2.C4H11N5.2C2H6/c1-7(2)5-9(13)11(15)14-10(12(16)17)6-8(3)4;1-2-3-4-5(6)7;1-9(2)4(7)8-3(5)6;2*1-2/h7-10H,5-6,13H2,1-4H3,(H,14,15)(H,16,17);2-4H2,1H3,(H,6,7);1-2H3,(H5,5,6,7,8);2*1-2H3. The van der Waals surface area contributed by atoms with Crippen molar-refractivity contribution in [1.29, 1.82) is 5.41 Å². The van der Waals surface area contributed by atoms with Crippen LogP contribution in [0.1, 0.15) is 94.4 Å². The molecule has 0 saturated carbocycles. The molecule has 0 fully saturated rings. The lowest BCUT2D eigenvalue weighted by atomic mass is 10.0.